The first-order valence-electron chi connectivity index (χ1n) is 7.12. The number of piperidine rings is 1. The zero-order valence-electron chi connectivity index (χ0n) is 12.4. The van der Waals surface area contributed by atoms with Crippen LogP contribution in [-0.4, -0.2) is 36.0 Å². The second-order valence-electron chi connectivity index (χ2n) is 5.82. The van der Waals surface area contributed by atoms with Crippen LogP contribution in [0.3, 0.4) is 0 Å². The molecule has 0 unspecified atom stereocenters. The first kappa shape index (κ1) is 15.5. The quantitative estimate of drug-likeness (QED) is 0.875. The van der Waals surface area contributed by atoms with Gasteiger partial charge in [0, 0.05) is 30.9 Å². The number of aryl methyl sites for hydroxylation is 1. The van der Waals surface area contributed by atoms with Gasteiger partial charge in [0.2, 0.25) is 0 Å². The summed E-state index contributed by atoms with van der Waals surface area (Å²) in [5.74, 6) is 1.21. The van der Waals surface area contributed by atoms with Gasteiger partial charge < -0.3 is 5.73 Å². The number of nitrogens with one attached hydrogen (secondary N) is 1. The predicted octanol–water partition coefficient (Wildman–Crippen LogP) is 1.23. The molecule has 1 aliphatic rings. The van der Waals surface area contributed by atoms with E-state index in [9.17, 15) is 8.42 Å². The van der Waals surface area contributed by atoms with Gasteiger partial charge >= 0.3 is 0 Å². The van der Waals surface area contributed by atoms with Crippen molar-refractivity contribution in [2.24, 2.45) is 17.6 Å². The third kappa shape index (κ3) is 2.75. The Balaban J connectivity index is 2.20. The van der Waals surface area contributed by atoms with Crippen LogP contribution in [0.1, 0.15) is 37.9 Å². The van der Waals surface area contributed by atoms with Crippen LogP contribution in [0.2, 0.25) is 0 Å². The lowest BCUT2D eigenvalue weighted by Crippen LogP contribution is -2.40. The number of aromatic amines is 1. The number of rotatable bonds is 4. The SMILES string of the molecule is Cc1[nH]nc(S(=O)(=O)N2CCC(C(C)C)CC2)c1CN. The molecule has 0 amide bonds. The van der Waals surface area contributed by atoms with Gasteiger partial charge in [0.1, 0.15) is 0 Å². The van der Waals surface area contributed by atoms with Gasteiger partial charge in [-0.1, -0.05) is 13.8 Å². The summed E-state index contributed by atoms with van der Waals surface area (Å²) in [5, 5.41) is 6.78. The zero-order valence-corrected chi connectivity index (χ0v) is 13.2. The first-order valence-corrected chi connectivity index (χ1v) is 8.56. The molecule has 114 valence electrons. The lowest BCUT2D eigenvalue weighted by Gasteiger charge is -2.32. The van der Waals surface area contributed by atoms with Gasteiger partial charge in [0.25, 0.3) is 10.0 Å². The minimum absolute atomic E-state index is 0.0977. The number of nitrogens with two attached hydrogens (primary N) is 1. The lowest BCUT2D eigenvalue weighted by atomic mass is 9.87. The van der Waals surface area contributed by atoms with Crippen molar-refractivity contribution < 1.29 is 8.42 Å². The Labute approximate surface area is 120 Å². The molecule has 0 bridgehead atoms. The van der Waals surface area contributed by atoms with Crippen LogP contribution in [0.25, 0.3) is 0 Å². The molecule has 7 heteroatoms. The molecule has 1 aromatic rings. The van der Waals surface area contributed by atoms with Crippen LogP contribution in [0.4, 0.5) is 0 Å². The van der Waals surface area contributed by atoms with E-state index in [0.29, 0.717) is 30.5 Å². The summed E-state index contributed by atoms with van der Waals surface area (Å²) in [6, 6.07) is 0. The Morgan fingerprint density at radius 2 is 2.00 bits per heavy atom. The molecule has 1 fully saturated rings. The van der Waals surface area contributed by atoms with Crippen LogP contribution < -0.4 is 5.73 Å². The fourth-order valence-corrected chi connectivity index (χ4v) is 4.43. The van der Waals surface area contributed by atoms with E-state index in [2.05, 4.69) is 24.0 Å². The Hall–Kier alpha value is -0.920. The molecule has 0 radical (unpaired) electrons. The molecule has 2 heterocycles. The summed E-state index contributed by atoms with van der Waals surface area (Å²) < 4.78 is 26.8. The number of sulfonamides is 1. The Kier molecular flexibility index (Phi) is 4.51. The summed E-state index contributed by atoms with van der Waals surface area (Å²) in [6.45, 7) is 7.50. The molecule has 0 saturated carbocycles. The molecule has 1 aromatic heterocycles. The smallest absolute Gasteiger partial charge is 0.262 e. The maximum Gasteiger partial charge on any atom is 0.262 e. The molecule has 20 heavy (non-hydrogen) atoms. The second-order valence-corrected chi connectivity index (χ2v) is 7.68. The van der Waals surface area contributed by atoms with Crippen LogP contribution in [-0.2, 0) is 16.6 Å². The van der Waals surface area contributed by atoms with E-state index in [4.69, 9.17) is 5.73 Å². The number of nitrogens with zero attached hydrogens (tertiary/aromatic N) is 2. The maximum atomic E-state index is 12.6. The molecule has 0 aromatic carbocycles. The van der Waals surface area contributed by atoms with Crippen LogP contribution in [0.5, 0.6) is 0 Å². The first-order chi connectivity index (χ1) is 9.37. The summed E-state index contributed by atoms with van der Waals surface area (Å²) in [5.41, 5.74) is 6.96. The molecular weight excluding hydrogens is 276 g/mol. The summed E-state index contributed by atoms with van der Waals surface area (Å²) in [4.78, 5) is 0. The molecule has 6 nitrogen and oxygen atoms in total. The largest absolute Gasteiger partial charge is 0.326 e. The van der Waals surface area contributed by atoms with E-state index in [1.807, 2.05) is 0 Å². The van der Waals surface area contributed by atoms with Crippen molar-refractivity contribution in [3.05, 3.63) is 11.3 Å². The van der Waals surface area contributed by atoms with Crippen molar-refractivity contribution >= 4 is 10.0 Å². The van der Waals surface area contributed by atoms with Crippen LogP contribution in [0, 0.1) is 18.8 Å². The highest BCUT2D eigenvalue weighted by Gasteiger charge is 2.33. The van der Waals surface area contributed by atoms with Gasteiger partial charge in [0.05, 0.1) is 0 Å². The van der Waals surface area contributed by atoms with Gasteiger partial charge in [-0.05, 0) is 31.6 Å². The molecule has 1 saturated heterocycles. The maximum absolute atomic E-state index is 12.6. The van der Waals surface area contributed by atoms with Crippen LogP contribution in [0.15, 0.2) is 5.03 Å². The zero-order chi connectivity index (χ0) is 14.9. The molecule has 2 rings (SSSR count). The highest BCUT2D eigenvalue weighted by Crippen LogP contribution is 2.28. The molecule has 0 spiro atoms. The van der Waals surface area contributed by atoms with Crippen LogP contribution >= 0.6 is 0 Å². The highest BCUT2D eigenvalue weighted by atomic mass is 32.2. The van der Waals surface area contributed by atoms with Crippen molar-refractivity contribution in [1.82, 2.24) is 14.5 Å². The monoisotopic (exact) mass is 300 g/mol. The Morgan fingerprint density at radius 3 is 2.50 bits per heavy atom. The molecular formula is C13H24N4O2S. The summed E-state index contributed by atoms with van der Waals surface area (Å²) in [7, 11) is -3.52. The van der Waals surface area contributed by atoms with E-state index < -0.39 is 10.0 Å². The predicted molar refractivity (Wildman–Crippen MR) is 77.5 cm³/mol. The average Bonchev–Trinajstić information content (AvgIpc) is 2.80. The van der Waals surface area contributed by atoms with Gasteiger partial charge in [0.15, 0.2) is 5.03 Å². The molecule has 0 atom stereocenters. The molecule has 0 aliphatic carbocycles. The number of H-pyrrole nitrogens is 1. The van der Waals surface area contributed by atoms with Crippen molar-refractivity contribution in [2.75, 3.05) is 13.1 Å². The van der Waals surface area contributed by atoms with Gasteiger partial charge in [-0.3, -0.25) is 5.10 Å². The topological polar surface area (TPSA) is 92.1 Å². The fourth-order valence-electron chi connectivity index (χ4n) is 2.79. The fraction of sp³-hybridized carbons (Fsp3) is 0.769. The van der Waals surface area contributed by atoms with E-state index in [0.717, 1.165) is 18.5 Å². The molecule has 1 aliphatic heterocycles. The van der Waals surface area contributed by atoms with E-state index in [1.54, 1.807) is 11.2 Å². The third-order valence-corrected chi connectivity index (χ3v) is 6.14. The second kappa shape index (κ2) is 5.83. The van der Waals surface area contributed by atoms with E-state index in [-0.39, 0.29) is 11.6 Å². The van der Waals surface area contributed by atoms with Gasteiger partial charge in [-0.25, -0.2) is 8.42 Å². The highest BCUT2D eigenvalue weighted by molar-refractivity contribution is 7.89. The van der Waals surface area contributed by atoms with Crippen molar-refractivity contribution in [3.63, 3.8) is 0 Å². The van der Waals surface area contributed by atoms with Crippen molar-refractivity contribution in [3.8, 4) is 0 Å². The third-order valence-electron chi connectivity index (χ3n) is 4.27. The van der Waals surface area contributed by atoms with Gasteiger partial charge in [-0.15, -0.1) is 0 Å². The standard InChI is InChI=1S/C13H24N4O2S/c1-9(2)11-4-6-17(7-5-11)20(18,19)13-12(8-14)10(3)15-16-13/h9,11H,4-8,14H2,1-3H3,(H,15,16). The summed E-state index contributed by atoms with van der Waals surface area (Å²) in [6.07, 6.45) is 1.83. The Bertz CT molecular complexity index is 557. The minimum atomic E-state index is -3.52. The lowest BCUT2D eigenvalue weighted by molar-refractivity contribution is 0.226. The van der Waals surface area contributed by atoms with E-state index >= 15 is 0 Å². The number of aromatic nitrogens is 2. The Morgan fingerprint density at radius 1 is 1.40 bits per heavy atom. The van der Waals surface area contributed by atoms with Crippen molar-refractivity contribution in [1.29, 1.82) is 0 Å². The van der Waals surface area contributed by atoms with E-state index in [1.165, 1.54) is 0 Å². The van der Waals surface area contributed by atoms with Crippen molar-refractivity contribution in [2.45, 2.75) is 45.2 Å². The minimum Gasteiger partial charge on any atom is -0.326 e. The molecule has 3 N–H and O–H groups in total. The number of hydrogen-bond donors (Lipinski definition) is 2. The number of hydrogen-bond acceptors (Lipinski definition) is 4. The normalized spacial score (nSPS) is 18.9. The summed E-state index contributed by atoms with van der Waals surface area (Å²) >= 11 is 0. The average molecular weight is 300 g/mol. The van der Waals surface area contributed by atoms with Gasteiger partial charge in [-0.2, -0.15) is 9.40 Å².